The van der Waals surface area contributed by atoms with Crippen molar-refractivity contribution < 1.29 is 9.53 Å². The number of allylic oxidation sites excluding steroid dienone is 1. The number of rotatable bonds is 6. The fourth-order valence-corrected chi connectivity index (χ4v) is 1.91. The number of Topliss-reactive ketones (excluding diaryl/α,β-unsaturated/α-hetero) is 1. The van der Waals surface area contributed by atoms with Crippen LogP contribution in [0.4, 0.5) is 0 Å². The van der Waals surface area contributed by atoms with Gasteiger partial charge in [0.15, 0.2) is 0 Å². The van der Waals surface area contributed by atoms with Crippen LogP contribution in [-0.2, 0) is 0 Å². The maximum Gasteiger partial charge on any atom is 0.203 e. The average molecular weight is 289 g/mol. The van der Waals surface area contributed by atoms with Gasteiger partial charge in [-0.3, -0.25) is 4.79 Å². The largest absolute Gasteiger partial charge is 0.490 e. The lowest BCUT2D eigenvalue weighted by Crippen LogP contribution is -2.01. The first kappa shape index (κ1) is 15.3. The van der Waals surface area contributed by atoms with Gasteiger partial charge < -0.3 is 4.74 Å². The van der Waals surface area contributed by atoms with E-state index in [1.807, 2.05) is 30.3 Å². The molecule has 0 spiro atoms. The maximum atomic E-state index is 12.3. The van der Waals surface area contributed by atoms with Crippen molar-refractivity contribution in [2.45, 2.75) is 0 Å². The Morgan fingerprint density at radius 1 is 1.18 bits per heavy atom. The molecule has 0 aliphatic heterocycles. The molecule has 0 bridgehead atoms. The lowest BCUT2D eigenvalue weighted by molar-refractivity contribution is 0.104. The van der Waals surface area contributed by atoms with Crippen molar-refractivity contribution in [2.24, 2.45) is 0 Å². The van der Waals surface area contributed by atoms with Gasteiger partial charge in [-0.2, -0.15) is 5.26 Å². The third-order valence-electron chi connectivity index (χ3n) is 2.94. The molecule has 2 aromatic carbocycles. The first-order chi connectivity index (χ1) is 10.7. The van der Waals surface area contributed by atoms with Crippen LogP contribution in [0.1, 0.15) is 15.9 Å². The van der Waals surface area contributed by atoms with Gasteiger partial charge in [0.05, 0.1) is 0 Å². The fraction of sp³-hybridized carbons (Fsp3) is 0.0526. The normalized spacial score (nSPS) is 10.6. The Labute approximate surface area is 129 Å². The molecule has 0 aromatic heterocycles. The third-order valence-corrected chi connectivity index (χ3v) is 2.94. The van der Waals surface area contributed by atoms with Crippen LogP contribution >= 0.6 is 0 Å². The fourth-order valence-electron chi connectivity index (χ4n) is 1.91. The van der Waals surface area contributed by atoms with Crippen LogP contribution in [0.3, 0.4) is 0 Å². The quantitative estimate of drug-likeness (QED) is 0.349. The van der Waals surface area contributed by atoms with Crippen LogP contribution in [0.2, 0.25) is 0 Å². The zero-order chi connectivity index (χ0) is 15.8. The minimum atomic E-state index is -0.291. The van der Waals surface area contributed by atoms with Gasteiger partial charge in [-0.25, -0.2) is 0 Å². The zero-order valence-corrected chi connectivity index (χ0v) is 12.0. The van der Waals surface area contributed by atoms with Crippen LogP contribution in [0.15, 0.2) is 72.8 Å². The summed E-state index contributed by atoms with van der Waals surface area (Å²) in [7, 11) is 0. The molecule has 108 valence electrons. The van der Waals surface area contributed by atoms with Gasteiger partial charge in [0.25, 0.3) is 0 Å². The molecule has 0 aliphatic rings. The van der Waals surface area contributed by atoms with E-state index in [1.54, 1.807) is 42.5 Å². The number of nitriles is 1. The topological polar surface area (TPSA) is 50.1 Å². The lowest BCUT2D eigenvalue weighted by atomic mass is 10.0. The summed E-state index contributed by atoms with van der Waals surface area (Å²) in [6.45, 7) is 4.00. The minimum Gasteiger partial charge on any atom is -0.490 e. The Bertz CT molecular complexity index is 740. The molecule has 0 amide bonds. The summed E-state index contributed by atoms with van der Waals surface area (Å²) in [5.74, 6) is 0.374. The van der Waals surface area contributed by atoms with Gasteiger partial charge in [-0.05, 0) is 23.8 Å². The van der Waals surface area contributed by atoms with Gasteiger partial charge in [0.2, 0.25) is 5.78 Å². The highest BCUT2D eigenvalue weighted by molar-refractivity contribution is 6.14. The Balaban J connectivity index is 2.27. The number of ether oxygens (including phenoxy) is 1. The predicted molar refractivity (Wildman–Crippen MR) is 86.5 cm³/mol. The summed E-state index contributed by atoms with van der Waals surface area (Å²) in [4.78, 5) is 12.3. The molecule has 3 nitrogen and oxygen atoms in total. The van der Waals surface area contributed by atoms with Crippen LogP contribution in [0.5, 0.6) is 5.75 Å². The predicted octanol–water partition coefficient (Wildman–Crippen LogP) is 4.04. The molecule has 0 aliphatic carbocycles. The average Bonchev–Trinajstić information content (AvgIpc) is 2.58. The highest BCUT2D eigenvalue weighted by Crippen LogP contribution is 2.17. The molecule has 2 rings (SSSR count). The molecule has 0 saturated carbocycles. The Hall–Kier alpha value is -3.12. The number of hydrogen-bond donors (Lipinski definition) is 0. The van der Waals surface area contributed by atoms with Crippen molar-refractivity contribution in [1.29, 1.82) is 5.26 Å². The number of ketones is 1. The molecule has 2 aromatic rings. The summed E-state index contributed by atoms with van der Waals surface area (Å²) in [5, 5.41) is 9.25. The molecule has 0 unspecified atom stereocenters. The number of benzene rings is 2. The Kier molecular flexibility index (Phi) is 5.28. The second kappa shape index (κ2) is 7.61. The maximum absolute atomic E-state index is 12.3. The van der Waals surface area contributed by atoms with E-state index in [2.05, 4.69) is 6.58 Å². The van der Waals surface area contributed by atoms with Gasteiger partial charge in [-0.15, -0.1) is 0 Å². The van der Waals surface area contributed by atoms with E-state index in [-0.39, 0.29) is 11.4 Å². The molecule has 0 heterocycles. The lowest BCUT2D eigenvalue weighted by Gasteiger charge is -2.04. The van der Waals surface area contributed by atoms with Crippen LogP contribution in [0, 0.1) is 11.3 Å². The molecule has 0 atom stereocenters. The van der Waals surface area contributed by atoms with Gasteiger partial charge >= 0.3 is 0 Å². The highest BCUT2D eigenvalue weighted by Gasteiger charge is 2.11. The number of nitrogens with zero attached hydrogens (tertiary/aromatic N) is 1. The van der Waals surface area contributed by atoms with Crippen LogP contribution in [0.25, 0.3) is 6.08 Å². The van der Waals surface area contributed by atoms with Crippen molar-refractivity contribution in [1.82, 2.24) is 0 Å². The minimum absolute atomic E-state index is 0.0899. The van der Waals surface area contributed by atoms with E-state index in [0.717, 1.165) is 5.56 Å². The van der Waals surface area contributed by atoms with Gasteiger partial charge in [0.1, 0.15) is 24.0 Å². The smallest absolute Gasteiger partial charge is 0.203 e. The molecule has 0 radical (unpaired) electrons. The van der Waals surface area contributed by atoms with Crippen molar-refractivity contribution in [3.63, 3.8) is 0 Å². The second-order valence-electron chi connectivity index (χ2n) is 4.54. The number of hydrogen-bond acceptors (Lipinski definition) is 3. The number of carbonyl (C=O) groups excluding carboxylic acids is 1. The standard InChI is InChI=1S/C19H15NO2/c1-2-11-22-18-10-6-7-15(13-18)12-17(14-20)19(21)16-8-4-3-5-9-16/h2-10,12-13H,1,11H2/b17-12+. The zero-order valence-electron chi connectivity index (χ0n) is 12.0. The van der Waals surface area contributed by atoms with E-state index in [4.69, 9.17) is 4.74 Å². The van der Waals surface area contributed by atoms with Crippen LogP contribution in [-0.4, -0.2) is 12.4 Å². The Morgan fingerprint density at radius 2 is 1.95 bits per heavy atom. The molecule has 3 heteroatoms. The summed E-state index contributed by atoms with van der Waals surface area (Å²) in [6, 6.07) is 17.9. The first-order valence-electron chi connectivity index (χ1n) is 6.80. The molecule has 0 fully saturated rings. The monoisotopic (exact) mass is 289 g/mol. The van der Waals surface area contributed by atoms with E-state index < -0.39 is 0 Å². The van der Waals surface area contributed by atoms with Crippen molar-refractivity contribution >= 4 is 11.9 Å². The summed E-state index contributed by atoms with van der Waals surface area (Å²) >= 11 is 0. The van der Waals surface area contributed by atoms with Crippen molar-refractivity contribution in [3.05, 3.63) is 84.0 Å². The third kappa shape index (κ3) is 3.94. The first-order valence-corrected chi connectivity index (χ1v) is 6.80. The highest BCUT2D eigenvalue weighted by atomic mass is 16.5. The summed E-state index contributed by atoms with van der Waals surface area (Å²) < 4.78 is 5.44. The van der Waals surface area contributed by atoms with E-state index >= 15 is 0 Å². The van der Waals surface area contributed by atoms with Gasteiger partial charge in [0, 0.05) is 5.56 Å². The number of carbonyl (C=O) groups is 1. The van der Waals surface area contributed by atoms with Crippen LogP contribution < -0.4 is 4.74 Å². The molecule has 0 saturated heterocycles. The van der Waals surface area contributed by atoms with Crippen molar-refractivity contribution in [2.75, 3.05) is 6.61 Å². The summed E-state index contributed by atoms with van der Waals surface area (Å²) in [6.07, 6.45) is 3.22. The van der Waals surface area contributed by atoms with E-state index in [9.17, 15) is 10.1 Å². The molecule has 0 N–H and O–H groups in total. The second-order valence-corrected chi connectivity index (χ2v) is 4.54. The molecular formula is C19H15NO2. The molecule has 22 heavy (non-hydrogen) atoms. The molecular weight excluding hydrogens is 274 g/mol. The van der Waals surface area contributed by atoms with Gasteiger partial charge in [-0.1, -0.05) is 55.1 Å². The van der Waals surface area contributed by atoms with E-state index in [0.29, 0.717) is 17.9 Å². The van der Waals surface area contributed by atoms with Crippen molar-refractivity contribution in [3.8, 4) is 11.8 Å². The summed E-state index contributed by atoms with van der Waals surface area (Å²) in [5.41, 5.74) is 1.32. The van der Waals surface area contributed by atoms with E-state index in [1.165, 1.54) is 0 Å². The SMILES string of the molecule is C=CCOc1cccc(/C=C(\C#N)C(=O)c2ccccc2)c1. The Morgan fingerprint density at radius 3 is 2.64 bits per heavy atom.